The summed E-state index contributed by atoms with van der Waals surface area (Å²) in [6, 6.07) is 30.8. The Kier molecular flexibility index (Phi) is 3.92. The maximum atomic E-state index is 6.45. The first-order valence-corrected chi connectivity index (χ1v) is 11.5. The molecule has 0 radical (unpaired) electrons. The van der Waals surface area contributed by atoms with Crippen LogP contribution in [-0.2, 0) is 0 Å². The van der Waals surface area contributed by atoms with Crippen LogP contribution >= 0.6 is 0 Å². The molecule has 0 saturated heterocycles. The Balaban J connectivity index is 1.47. The monoisotopic (exact) mass is 425 g/mol. The van der Waals surface area contributed by atoms with Crippen molar-refractivity contribution < 1.29 is 4.74 Å². The molecule has 5 aromatic rings. The summed E-state index contributed by atoms with van der Waals surface area (Å²) in [7, 11) is 0. The summed E-state index contributed by atoms with van der Waals surface area (Å²) in [5.41, 5.74) is 8.50. The van der Waals surface area contributed by atoms with Crippen molar-refractivity contribution in [2.75, 3.05) is 0 Å². The van der Waals surface area contributed by atoms with Gasteiger partial charge in [0, 0.05) is 33.5 Å². The van der Waals surface area contributed by atoms with Gasteiger partial charge in [-0.3, -0.25) is 0 Å². The Labute approximate surface area is 193 Å². The third-order valence-corrected chi connectivity index (χ3v) is 7.02. The molecule has 33 heavy (non-hydrogen) atoms. The summed E-state index contributed by atoms with van der Waals surface area (Å²) in [6.45, 7) is 2.13. The van der Waals surface area contributed by atoms with E-state index in [1.54, 1.807) is 0 Å². The number of hydrogen-bond acceptors (Lipinski definition) is 1. The van der Waals surface area contributed by atoms with E-state index in [1.165, 1.54) is 44.2 Å². The number of fused-ring (bicyclic) bond motifs is 6. The normalized spacial score (nSPS) is 18.5. The number of aryl methyl sites for hydroxylation is 1. The third-order valence-electron chi connectivity index (χ3n) is 7.02. The van der Waals surface area contributed by atoms with Crippen molar-refractivity contribution in [1.82, 2.24) is 4.57 Å². The minimum atomic E-state index is 0.0916. The summed E-state index contributed by atoms with van der Waals surface area (Å²) in [5.74, 6) is 1.31. The zero-order chi connectivity index (χ0) is 21.9. The van der Waals surface area contributed by atoms with Gasteiger partial charge in [-0.25, -0.2) is 0 Å². The molecule has 2 unspecified atom stereocenters. The molecule has 1 aliphatic carbocycles. The van der Waals surface area contributed by atoms with Crippen molar-refractivity contribution in [2.24, 2.45) is 0 Å². The van der Waals surface area contributed by atoms with Gasteiger partial charge in [-0.05, 0) is 42.8 Å². The lowest BCUT2D eigenvalue weighted by molar-refractivity contribution is 0.270. The van der Waals surface area contributed by atoms with Crippen LogP contribution in [0.5, 0.6) is 5.75 Å². The average Bonchev–Trinajstić information content (AvgIpc) is 3.40. The fraction of sp³-hybridized carbons (Fsp3) is 0.0968. The van der Waals surface area contributed by atoms with Crippen LogP contribution in [0.4, 0.5) is 0 Å². The molecule has 0 bridgehead atoms. The Morgan fingerprint density at radius 3 is 2.45 bits per heavy atom. The molecule has 158 valence electrons. The van der Waals surface area contributed by atoms with Crippen LogP contribution in [0.2, 0.25) is 0 Å². The maximum absolute atomic E-state index is 6.45. The van der Waals surface area contributed by atoms with Crippen molar-refractivity contribution in [1.29, 1.82) is 0 Å². The lowest BCUT2D eigenvalue weighted by atomic mass is 9.90. The van der Waals surface area contributed by atoms with Crippen molar-refractivity contribution >= 4 is 21.8 Å². The number of allylic oxidation sites excluding steroid dienone is 2. The highest BCUT2D eigenvalue weighted by Gasteiger charge is 2.33. The standard InChI is InChI=1S/C31H23NO/c1-20-13-16-22(17-14-20)32-28-11-4-2-7-24(28)25-18-15-21(19-29(25)32)23-9-6-10-27-26-8-3-5-12-30(26)33-31(23)27/h2-19,26,30H,1H3. The Morgan fingerprint density at radius 2 is 1.55 bits per heavy atom. The highest BCUT2D eigenvalue weighted by molar-refractivity contribution is 6.10. The van der Waals surface area contributed by atoms with E-state index in [0.29, 0.717) is 5.92 Å². The molecule has 2 nitrogen and oxygen atoms in total. The van der Waals surface area contributed by atoms with Gasteiger partial charge in [0.2, 0.25) is 0 Å². The zero-order valence-corrected chi connectivity index (χ0v) is 18.4. The molecule has 1 aromatic heterocycles. The summed E-state index contributed by atoms with van der Waals surface area (Å²) >= 11 is 0. The number of benzene rings is 4. The Morgan fingerprint density at radius 1 is 0.727 bits per heavy atom. The van der Waals surface area contributed by atoms with Crippen LogP contribution in [0.3, 0.4) is 0 Å². The quantitative estimate of drug-likeness (QED) is 0.282. The van der Waals surface area contributed by atoms with Crippen molar-refractivity contribution in [3.05, 3.63) is 120 Å². The SMILES string of the molecule is Cc1ccc(-n2c3ccccc3c3ccc(-c4cccc5c4OC4C=CC=CC54)cc32)cc1. The second kappa shape index (κ2) is 6.98. The van der Waals surface area contributed by atoms with E-state index in [1.807, 2.05) is 0 Å². The number of aromatic nitrogens is 1. The van der Waals surface area contributed by atoms with Crippen LogP contribution in [0.25, 0.3) is 38.6 Å². The van der Waals surface area contributed by atoms with Gasteiger partial charge in [0.05, 0.1) is 11.0 Å². The first-order chi connectivity index (χ1) is 16.3. The molecule has 0 saturated carbocycles. The lowest BCUT2D eigenvalue weighted by Gasteiger charge is -2.14. The smallest absolute Gasteiger partial charge is 0.132 e. The number of rotatable bonds is 2. The number of hydrogen-bond donors (Lipinski definition) is 0. The summed E-state index contributed by atoms with van der Waals surface area (Å²) in [4.78, 5) is 0. The van der Waals surface area contributed by atoms with Gasteiger partial charge in [0.1, 0.15) is 11.9 Å². The number of ether oxygens (including phenoxy) is 1. The highest BCUT2D eigenvalue weighted by Crippen LogP contribution is 2.47. The predicted molar refractivity (Wildman–Crippen MR) is 136 cm³/mol. The van der Waals surface area contributed by atoms with Crippen molar-refractivity contribution in [3.63, 3.8) is 0 Å². The van der Waals surface area contributed by atoms with Crippen LogP contribution in [0.1, 0.15) is 17.0 Å². The lowest BCUT2D eigenvalue weighted by Crippen LogP contribution is -2.15. The van der Waals surface area contributed by atoms with E-state index < -0.39 is 0 Å². The molecule has 1 aliphatic heterocycles. The van der Waals surface area contributed by atoms with Crippen molar-refractivity contribution in [2.45, 2.75) is 18.9 Å². The summed E-state index contributed by atoms with van der Waals surface area (Å²) < 4.78 is 8.83. The molecule has 2 heterocycles. The van der Waals surface area contributed by atoms with E-state index in [9.17, 15) is 0 Å². The molecule has 0 amide bonds. The largest absolute Gasteiger partial charge is 0.484 e. The van der Waals surface area contributed by atoms with E-state index in [0.717, 1.165) is 11.3 Å². The number of nitrogens with zero attached hydrogens (tertiary/aromatic N) is 1. The van der Waals surface area contributed by atoms with Gasteiger partial charge >= 0.3 is 0 Å². The fourth-order valence-corrected chi connectivity index (χ4v) is 5.40. The highest BCUT2D eigenvalue weighted by atomic mass is 16.5. The van der Waals surface area contributed by atoms with Gasteiger partial charge < -0.3 is 9.30 Å². The van der Waals surface area contributed by atoms with Crippen LogP contribution < -0.4 is 4.74 Å². The van der Waals surface area contributed by atoms with E-state index in [2.05, 4.69) is 121 Å². The van der Waals surface area contributed by atoms with Crippen LogP contribution in [0.15, 0.2) is 109 Å². The van der Waals surface area contributed by atoms with Crippen molar-refractivity contribution in [3.8, 4) is 22.6 Å². The van der Waals surface area contributed by atoms with E-state index in [-0.39, 0.29) is 6.10 Å². The molecular weight excluding hydrogens is 402 g/mol. The molecular formula is C31H23NO. The first-order valence-electron chi connectivity index (χ1n) is 11.5. The third kappa shape index (κ3) is 2.74. The predicted octanol–water partition coefficient (Wildman–Crippen LogP) is 7.73. The topological polar surface area (TPSA) is 14.2 Å². The minimum absolute atomic E-state index is 0.0916. The second-order valence-corrected chi connectivity index (χ2v) is 9.02. The Bertz CT molecular complexity index is 1600. The molecule has 0 fully saturated rings. The van der Waals surface area contributed by atoms with Crippen LogP contribution in [-0.4, -0.2) is 10.7 Å². The maximum Gasteiger partial charge on any atom is 0.132 e. The molecule has 7 rings (SSSR count). The molecule has 2 atom stereocenters. The van der Waals surface area contributed by atoms with Gasteiger partial charge in [-0.2, -0.15) is 0 Å². The first kappa shape index (κ1) is 18.5. The number of para-hydroxylation sites is 2. The molecule has 0 spiro atoms. The van der Waals surface area contributed by atoms with Gasteiger partial charge in [-0.15, -0.1) is 0 Å². The Hall–Kier alpha value is -4.04. The molecule has 4 aromatic carbocycles. The summed E-state index contributed by atoms with van der Waals surface area (Å²) in [6.07, 6.45) is 8.71. The summed E-state index contributed by atoms with van der Waals surface area (Å²) in [5, 5.41) is 2.54. The fourth-order valence-electron chi connectivity index (χ4n) is 5.40. The van der Waals surface area contributed by atoms with Gasteiger partial charge in [-0.1, -0.05) is 84.5 Å². The minimum Gasteiger partial charge on any atom is -0.484 e. The van der Waals surface area contributed by atoms with Gasteiger partial charge in [0.25, 0.3) is 0 Å². The second-order valence-electron chi connectivity index (χ2n) is 9.02. The van der Waals surface area contributed by atoms with E-state index in [4.69, 9.17) is 4.74 Å². The van der Waals surface area contributed by atoms with Crippen LogP contribution in [0, 0.1) is 6.92 Å². The zero-order valence-electron chi connectivity index (χ0n) is 18.4. The van der Waals surface area contributed by atoms with E-state index >= 15 is 0 Å². The molecule has 2 heteroatoms. The molecule has 0 N–H and O–H groups in total. The van der Waals surface area contributed by atoms with Gasteiger partial charge in [0.15, 0.2) is 0 Å². The molecule has 2 aliphatic rings. The average molecular weight is 426 g/mol.